The molecule has 2 nitrogen and oxygen atoms in total. The molecule has 0 aromatic heterocycles. The van der Waals surface area contributed by atoms with Crippen LogP contribution in [0.2, 0.25) is 0 Å². The topological polar surface area (TPSA) is 26.3 Å². The first kappa shape index (κ1) is 14.9. The lowest BCUT2D eigenvalue weighted by molar-refractivity contribution is -0.135. The summed E-state index contributed by atoms with van der Waals surface area (Å²) in [6.45, 7) is 0. The molecule has 24 heavy (non-hydrogen) atoms. The molecule has 2 heteroatoms. The summed E-state index contributed by atoms with van der Waals surface area (Å²) in [5, 5.41) is 5.64. The average molecular weight is 316 g/mol. The van der Waals surface area contributed by atoms with Gasteiger partial charge in [0.05, 0.1) is 12.7 Å². The Balaban J connectivity index is 0.000000207. The molecule has 0 amide bonds. The fraction of sp³-hybridized carbons (Fsp3) is 0.227. The lowest BCUT2D eigenvalue weighted by Gasteiger charge is -2.18. The van der Waals surface area contributed by atoms with Crippen molar-refractivity contribution in [2.24, 2.45) is 0 Å². The van der Waals surface area contributed by atoms with Crippen molar-refractivity contribution in [3.8, 4) is 0 Å². The van der Waals surface area contributed by atoms with Crippen molar-refractivity contribution in [3.05, 3.63) is 72.0 Å². The van der Waals surface area contributed by atoms with E-state index in [9.17, 15) is 4.79 Å². The predicted octanol–water partition coefficient (Wildman–Crippen LogP) is 5.32. The number of benzene rings is 3. The van der Waals surface area contributed by atoms with Crippen molar-refractivity contribution in [1.29, 1.82) is 0 Å². The number of hydrogen-bond acceptors (Lipinski definition) is 2. The van der Waals surface area contributed by atoms with Gasteiger partial charge >= 0.3 is 5.97 Å². The van der Waals surface area contributed by atoms with E-state index in [1.165, 1.54) is 53.5 Å². The van der Waals surface area contributed by atoms with Gasteiger partial charge in [-0.15, -0.1) is 0 Å². The van der Waals surface area contributed by atoms with Gasteiger partial charge in [0.2, 0.25) is 0 Å². The first-order valence-electron chi connectivity index (χ1n) is 8.59. The maximum absolute atomic E-state index is 9.96. The van der Waals surface area contributed by atoms with E-state index in [4.69, 9.17) is 0 Å². The molecule has 0 unspecified atom stereocenters. The molecule has 1 aliphatic heterocycles. The van der Waals surface area contributed by atoms with Crippen molar-refractivity contribution >= 4 is 27.5 Å². The maximum atomic E-state index is 9.96. The fourth-order valence-electron chi connectivity index (χ4n) is 3.66. The molecule has 0 N–H and O–H groups in total. The standard InChI is InChI=1S/C18H16.C4H4O2/c1-3-7-15-13(5-1)9-11-18-16-8-4-2-6-14(16)10-12-17(15)18;5-4-2-1-3-6-4/h1,3,5,7,9-12H,2,4,6,8H2;1,3H,2H2. The third-order valence-electron chi connectivity index (χ3n) is 4.84. The van der Waals surface area contributed by atoms with Crippen LogP contribution in [0.3, 0.4) is 0 Å². The molecular formula is C22H20O2. The molecule has 3 aromatic carbocycles. The van der Waals surface area contributed by atoms with Gasteiger partial charge in [-0.05, 0) is 64.4 Å². The summed E-state index contributed by atoms with van der Waals surface area (Å²) in [6, 6.07) is 18.0. The Morgan fingerprint density at radius 2 is 1.62 bits per heavy atom. The molecule has 0 radical (unpaired) electrons. The Morgan fingerprint density at radius 1 is 0.792 bits per heavy atom. The summed E-state index contributed by atoms with van der Waals surface area (Å²) < 4.78 is 4.33. The number of esters is 1. The Labute approximate surface area is 141 Å². The lowest BCUT2D eigenvalue weighted by atomic mass is 9.86. The summed E-state index contributed by atoms with van der Waals surface area (Å²) in [7, 11) is 0. The summed E-state index contributed by atoms with van der Waals surface area (Å²) in [5.74, 6) is -0.157. The smallest absolute Gasteiger partial charge is 0.314 e. The highest BCUT2D eigenvalue weighted by atomic mass is 16.5. The minimum atomic E-state index is -0.157. The second-order valence-electron chi connectivity index (χ2n) is 6.36. The van der Waals surface area contributed by atoms with Crippen molar-refractivity contribution in [1.82, 2.24) is 0 Å². The minimum absolute atomic E-state index is 0.157. The number of rotatable bonds is 0. The molecule has 0 atom stereocenters. The van der Waals surface area contributed by atoms with Gasteiger partial charge in [-0.1, -0.05) is 48.5 Å². The summed E-state index contributed by atoms with van der Waals surface area (Å²) in [4.78, 5) is 9.96. The van der Waals surface area contributed by atoms with Crippen molar-refractivity contribution < 1.29 is 9.53 Å². The van der Waals surface area contributed by atoms with Crippen LogP contribution in [0.15, 0.2) is 60.9 Å². The van der Waals surface area contributed by atoms with Crippen molar-refractivity contribution in [3.63, 3.8) is 0 Å². The molecule has 1 aliphatic carbocycles. The van der Waals surface area contributed by atoms with Gasteiger partial charge in [-0.25, -0.2) is 0 Å². The number of aryl methyl sites for hydroxylation is 2. The molecule has 5 rings (SSSR count). The van der Waals surface area contributed by atoms with Gasteiger partial charge in [-0.3, -0.25) is 4.79 Å². The van der Waals surface area contributed by atoms with Crippen LogP contribution in [0.1, 0.15) is 30.4 Å². The second kappa shape index (κ2) is 6.48. The first-order chi connectivity index (χ1) is 11.8. The molecule has 0 saturated heterocycles. The molecule has 120 valence electrons. The normalized spacial score (nSPS) is 15.8. The first-order valence-corrected chi connectivity index (χ1v) is 8.59. The van der Waals surface area contributed by atoms with Crippen LogP contribution in [0, 0.1) is 0 Å². The average Bonchev–Trinajstić information content (AvgIpc) is 3.12. The van der Waals surface area contributed by atoms with E-state index in [2.05, 4.69) is 53.3 Å². The zero-order chi connectivity index (χ0) is 16.4. The summed E-state index contributed by atoms with van der Waals surface area (Å²) >= 11 is 0. The third kappa shape index (κ3) is 2.80. The monoisotopic (exact) mass is 316 g/mol. The zero-order valence-electron chi connectivity index (χ0n) is 13.6. The minimum Gasteiger partial charge on any atom is -0.435 e. The molecule has 2 aliphatic rings. The van der Waals surface area contributed by atoms with Crippen LogP contribution in [-0.4, -0.2) is 5.97 Å². The quantitative estimate of drug-likeness (QED) is 0.414. The van der Waals surface area contributed by atoms with Gasteiger partial charge in [0.15, 0.2) is 0 Å². The van der Waals surface area contributed by atoms with Crippen LogP contribution >= 0.6 is 0 Å². The van der Waals surface area contributed by atoms with Gasteiger partial charge in [0.25, 0.3) is 0 Å². The van der Waals surface area contributed by atoms with Gasteiger partial charge < -0.3 is 4.74 Å². The highest BCUT2D eigenvalue weighted by Crippen LogP contribution is 2.33. The summed E-state index contributed by atoms with van der Waals surface area (Å²) in [6.07, 6.45) is 8.75. The molecule has 0 saturated carbocycles. The SMILES string of the molecule is O=C1CC=CO1.c1ccc2c(c1)ccc1c3c(ccc12)CCCC3. The molecule has 1 heterocycles. The van der Waals surface area contributed by atoms with Gasteiger partial charge in [-0.2, -0.15) is 0 Å². The van der Waals surface area contributed by atoms with Crippen LogP contribution in [0.5, 0.6) is 0 Å². The number of carbonyl (C=O) groups is 1. The highest BCUT2D eigenvalue weighted by Gasteiger charge is 2.13. The van der Waals surface area contributed by atoms with Crippen LogP contribution < -0.4 is 0 Å². The van der Waals surface area contributed by atoms with E-state index >= 15 is 0 Å². The summed E-state index contributed by atoms with van der Waals surface area (Å²) in [5.41, 5.74) is 3.17. The van der Waals surface area contributed by atoms with Crippen LogP contribution in [0.4, 0.5) is 0 Å². The Morgan fingerprint density at radius 3 is 2.42 bits per heavy atom. The molecule has 0 bridgehead atoms. The third-order valence-corrected chi connectivity index (χ3v) is 4.84. The molecule has 0 fully saturated rings. The van der Waals surface area contributed by atoms with E-state index in [1.807, 2.05) is 0 Å². The molecule has 0 spiro atoms. The van der Waals surface area contributed by atoms with E-state index in [0.717, 1.165) is 0 Å². The van der Waals surface area contributed by atoms with E-state index in [0.29, 0.717) is 6.42 Å². The maximum Gasteiger partial charge on any atom is 0.314 e. The van der Waals surface area contributed by atoms with E-state index < -0.39 is 0 Å². The predicted molar refractivity (Wildman–Crippen MR) is 97.9 cm³/mol. The Hall–Kier alpha value is -2.61. The molecular weight excluding hydrogens is 296 g/mol. The number of cyclic esters (lactones) is 1. The Kier molecular flexibility index (Phi) is 4.04. The largest absolute Gasteiger partial charge is 0.435 e. The highest BCUT2D eigenvalue weighted by molar-refractivity contribution is 6.08. The Bertz CT molecular complexity index is 927. The number of fused-ring (bicyclic) bond motifs is 5. The number of carbonyl (C=O) groups excluding carboxylic acids is 1. The number of ether oxygens (including phenoxy) is 1. The molecule has 3 aromatic rings. The fourth-order valence-corrected chi connectivity index (χ4v) is 3.66. The lowest BCUT2D eigenvalue weighted by Crippen LogP contribution is -2.02. The number of hydrogen-bond donors (Lipinski definition) is 0. The van der Waals surface area contributed by atoms with E-state index in [1.54, 1.807) is 17.2 Å². The van der Waals surface area contributed by atoms with Crippen LogP contribution in [0.25, 0.3) is 21.5 Å². The van der Waals surface area contributed by atoms with Crippen molar-refractivity contribution in [2.45, 2.75) is 32.1 Å². The van der Waals surface area contributed by atoms with Gasteiger partial charge in [0.1, 0.15) is 0 Å². The zero-order valence-corrected chi connectivity index (χ0v) is 13.6. The van der Waals surface area contributed by atoms with E-state index in [-0.39, 0.29) is 5.97 Å². The second-order valence-corrected chi connectivity index (χ2v) is 6.36. The van der Waals surface area contributed by atoms with Crippen molar-refractivity contribution in [2.75, 3.05) is 0 Å². The van der Waals surface area contributed by atoms with Gasteiger partial charge in [0, 0.05) is 0 Å². The van der Waals surface area contributed by atoms with Crippen LogP contribution in [-0.2, 0) is 22.4 Å².